The molecule has 0 radical (unpaired) electrons. The molecule has 0 aliphatic heterocycles. The van der Waals surface area contributed by atoms with E-state index in [2.05, 4.69) is 5.32 Å². The van der Waals surface area contributed by atoms with E-state index in [1.54, 1.807) is 6.07 Å². The number of carbonyl (C=O) groups excluding carboxylic acids is 1. The highest BCUT2D eigenvalue weighted by Crippen LogP contribution is 2.26. The molecule has 2 rings (SSSR count). The molecule has 92 valence electrons. The third kappa shape index (κ3) is 2.05. The van der Waals surface area contributed by atoms with Crippen molar-refractivity contribution < 1.29 is 14.4 Å². The van der Waals surface area contributed by atoms with E-state index in [0.29, 0.717) is 10.1 Å². The molecule has 0 fully saturated rings. The number of nitrogens with one attached hydrogen (secondary N) is 1. The van der Waals surface area contributed by atoms with Gasteiger partial charge in [0.2, 0.25) is 11.4 Å². The molecule has 0 aliphatic carbocycles. The molecule has 0 aliphatic rings. The van der Waals surface area contributed by atoms with Crippen molar-refractivity contribution in [1.82, 2.24) is 0 Å². The first-order chi connectivity index (χ1) is 8.49. The number of non-ortho nitro benzene ring substituents is 1. The number of nitro groups is 1. The number of hydrogen-bond acceptors (Lipinski definition) is 4. The lowest BCUT2D eigenvalue weighted by atomic mass is 10.1. The van der Waals surface area contributed by atoms with Crippen LogP contribution in [0, 0.1) is 15.3 Å². The highest BCUT2D eigenvalue weighted by molar-refractivity contribution is 5.99. The van der Waals surface area contributed by atoms with Crippen LogP contribution < -0.4 is 10.0 Å². The third-order valence-corrected chi connectivity index (χ3v) is 2.36. The molecule has 7 nitrogen and oxygen atoms in total. The fourth-order valence-corrected chi connectivity index (χ4v) is 1.70. The first-order valence-corrected chi connectivity index (χ1v) is 5.07. The number of benzene rings is 1. The number of amides is 1. The topological polar surface area (TPSA) is 99.2 Å². The molecule has 0 saturated heterocycles. The van der Waals surface area contributed by atoms with Crippen molar-refractivity contribution >= 4 is 28.2 Å². The summed E-state index contributed by atoms with van der Waals surface area (Å²) in [6, 6.07) is 5.51. The number of nitrogens with zero attached hydrogens (tertiary/aromatic N) is 2. The minimum absolute atomic E-state index is 0.127. The van der Waals surface area contributed by atoms with E-state index in [-0.39, 0.29) is 16.9 Å². The van der Waals surface area contributed by atoms with Gasteiger partial charge in [0.15, 0.2) is 6.20 Å². The third-order valence-electron chi connectivity index (χ3n) is 2.36. The van der Waals surface area contributed by atoms with Crippen LogP contribution in [0.4, 0.5) is 11.4 Å². The average molecular weight is 247 g/mol. The van der Waals surface area contributed by atoms with Crippen LogP contribution in [0.2, 0.25) is 0 Å². The van der Waals surface area contributed by atoms with Crippen LogP contribution in [0.3, 0.4) is 0 Å². The molecule has 0 unspecified atom stereocenters. The number of rotatable bonds is 2. The van der Waals surface area contributed by atoms with Crippen LogP contribution >= 0.6 is 0 Å². The maximum atomic E-state index is 11.7. The van der Waals surface area contributed by atoms with Crippen molar-refractivity contribution in [3.8, 4) is 0 Å². The molecule has 7 heteroatoms. The van der Waals surface area contributed by atoms with Crippen LogP contribution in [0.25, 0.3) is 10.9 Å². The van der Waals surface area contributed by atoms with Gasteiger partial charge < -0.3 is 10.5 Å². The van der Waals surface area contributed by atoms with Gasteiger partial charge in [-0.05, 0) is 6.07 Å². The summed E-state index contributed by atoms with van der Waals surface area (Å²) in [5.74, 6) is -0.402. The lowest BCUT2D eigenvalue weighted by molar-refractivity contribution is -0.576. The van der Waals surface area contributed by atoms with E-state index in [9.17, 15) is 20.1 Å². The van der Waals surface area contributed by atoms with Crippen molar-refractivity contribution in [1.29, 1.82) is 0 Å². The van der Waals surface area contributed by atoms with Gasteiger partial charge in [-0.1, -0.05) is 0 Å². The molecule has 1 heterocycles. The van der Waals surface area contributed by atoms with Crippen molar-refractivity contribution in [2.75, 3.05) is 5.32 Å². The van der Waals surface area contributed by atoms with Gasteiger partial charge in [0.1, 0.15) is 5.69 Å². The number of carbonyl (C=O) groups is 1. The second kappa shape index (κ2) is 4.28. The Balaban J connectivity index is 2.77. The first-order valence-electron chi connectivity index (χ1n) is 5.07. The number of nitro benzene ring substituents is 1. The summed E-state index contributed by atoms with van der Waals surface area (Å²) in [7, 11) is 0. The molecule has 1 aromatic carbocycles. The zero-order chi connectivity index (χ0) is 13.3. The fraction of sp³-hybridized carbons (Fsp3) is 0.0909. The zero-order valence-electron chi connectivity index (χ0n) is 9.41. The average Bonchev–Trinajstić information content (AvgIpc) is 2.27. The maximum Gasteiger partial charge on any atom is 0.272 e. The summed E-state index contributed by atoms with van der Waals surface area (Å²) in [5.41, 5.74) is 0.137. The lowest BCUT2D eigenvalue weighted by Gasteiger charge is -2.07. The highest BCUT2D eigenvalue weighted by Gasteiger charge is 2.17. The molecule has 0 atom stereocenters. The van der Waals surface area contributed by atoms with Crippen molar-refractivity contribution in [3.05, 3.63) is 45.8 Å². The number of hydrogen-bond donors (Lipinski definition) is 1. The molecule has 18 heavy (non-hydrogen) atoms. The summed E-state index contributed by atoms with van der Waals surface area (Å²) >= 11 is 0. The Hall–Kier alpha value is -2.70. The van der Waals surface area contributed by atoms with Crippen LogP contribution in [0.1, 0.15) is 6.92 Å². The zero-order valence-corrected chi connectivity index (χ0v) is 9.41. The van der Waals surface area contributed by atoms with Crippen LogP contribution in [0.5, 0.6) is 0 Å². The van der Waals surface area contributed by atoms with Gasteiger partial charge in [0, 0.05) is 25.1 Å². The predicted molar refractivity (Wildman–Crippen MR) is 63.9 cm³/mol. The first kappa shape index (κ1) is 11.8. The summed E-state index contributed by atoms with van der Waals surface area (Å²) in [6.07, 6.45) is 1.26. The fourth-order valence-electron chi connectivity index (χ4n) is 1.70. The van der Waals surface area contributed by atoms with Gasteiger partial charge >= 0.3 is 0 Å². The minimum atomic E-state index is -0.576. The highest BCUT2D eigenvalue weighted by atomic mass is 16.6. The second-order valence-electron chi connectivity index (χ2n) is 3.70. The van der Waals surface area contributed by atoms with Gasteiger partial charge in [-0.2, -0.15) is 4.73 Å². The Labute approximate surface area is 101 Å². The minimum Gasteiger partial charge on any atom is -0.618 e. The Bertz CT molecular complexity index is 654. The molecule has 0 spiro atoms. The van der Waals surface area contributed by atoms with E-state index in [1.807, 2.05) is 0 Å². The van der Waals surface area contributed by atoms with E-state index >= 15 is 0 Å². The summed E-state index contributed by atoms with van der Waals surface area (Å²) in [4.78, 5) is 21.3. The van der Waals surface area contributed by atoms with E-state index < -0.39 is 10.8 Å². The standard InChI is InChI=1S/C11H9N3O4/c1-7(15)12-10-6-9(14(17)18)5-8-3-2-4-13(16)11(8)10/h2-6H,1H3,(H,12,15). The van der Waals surface area contributed by atoms with Crippen LogP contribution in [-0.2, 0) is 4.79 Å². The molecule has 0 saturated carbocycles. The largest absolute Gasteiger partial charge is 0.618 e. The number of pyridine rings is 1. The van der Waals surface area contributed by atoms with Gasteiger partial charge in [-0.3, -0.25) is 14.9 Å². The quantitative estimate of drug-likeness (QED) is 0.374. The predicted octanol–water partition coefficient (Wildman–Crippen LogP) is 1.34. The molecular weight excluding hydrogens is 238 g/mol. The van der Waals surface area contributed by atoms with Crippen LogP contribution in [0.15, 0.2) is 30.5 Å². The van der Waals surface area contributed by atoms with Gasteiger partial charge in [-0.15, -0.1) is 0 Å². The van der Waals surface area contributed by atoms with E-state index in [4.69, 9.17) is 0 Å². The van der Waals surface area contributed by atoms with E-state index in [1.165, 1.54) is 25.3 Å². The van der Waals surface area contributed by atoms with Crippen molar-refractivity contribution in [2.45, 2.75) is 6.92 Å². The Morgan fingerprint density at radius 2 is 2.17 bits per heavy atom. The summed E-state index contributed by atoms with van der Waals surface area (Å²) < 4.78 is 0.560. The molecule has 1 aromatic heterocycles. The molecule has 0 bridgehead atoms. The lowest BCUT2D eigenvalue weighted by Crippen LogP contribution is -2.27. The number of aromatic nitrogens is 1. The second-order valence-corrected chi connectivity index (χ2v) is 3.70. The van der Waals surface area contributed by atoms with Crippen molar-refractivity contribution in [3.63, 3.8) is 0 Å². The SMILES string of the molecule is CC(=O)Nc1cc([N+](=O)[O-])cc2ccc[n+]([O-])c12. The summed E-state index contributed by atoms with van der Waals surface area (Å²) in [6.45, 7) is 1.27. The molecule has 1 N–H and O–H groups in total. The van der Waals surface area contributed by atoms with Gasteiger partial charge in [0.25, 0.3) is 5.69 Å². The number of fused-ring (bicyclic) bond motifs is 1. The molecule has 2 aromatic rings. The van der Waals surface area contributed by atoms with Crippen molar-refractivity contribution in [2.24, 2.45) is 0 Å². The monoisotopic (exact) mass is 247 g/mol. The van der Waals surface area contributed by atoms with Crippen LogP contribution in [-0.4, -0.2) is 10.8 Å². The number of anilines is 1. The molecule has 1 amide bonds. The Kier molecular flexibility index (Phi) is 2.80. The normalized spacial score (nSPS) is 10.3. The maximum absolute atomic E-state index is 11.7. The summed E-state index contributed by atoms with van der Waals surface area (Å²) in [5, 5.41) is 25.2. The Morgan fingerprint density at radius 3 is 2.78 bits per heavy atom. The van der Waals surface area contributed by atoms with E-state index in [0.717, 1.165) is 6.07 Å². The smallest absolute Gasteiger partial charge is 0.272 e. The Morgan fingerprint density at radius 1 is 1.44 bits per heavy atom. The molecular formula is C11H9N3O4. The van der Waals surface area contributed by atoms with Gasteiger partial charge in [-0.25, -0.2) is 0 Å². The van der Waals surface area contributed by atoms with Gasteiger partial charge in [0.05, 0.1) is 10.3 Å².